The van der Waals surface area contributed by atoms with Crippen molar-refractivity contribution in [1.29, 1.82) is 0 Å². The molecule has 3 amide bonds. The van der Waals surface area contributed by atoms with Crippen LogP contribution in [0.3, 0.4) is 0 Å². The lowest BCUT2D eigenvalue weighted by Gasteiger charge is -2.14. The van der Waals surface area contributed by atoms with Gasteiger partial charge in [0, 0.05) is 5.69 Å². The summed E-state index contributed by atoms with van der Waals surface area (Å²) in [5.41, 5.74) is 3.32. The molecule has 2 aromatic carbocycles. The Labute approximate surface area is 180 Å². The maximum Gasteiger partial charge on any atom is 0.294 e. The Balaban J connectivity index is 1.73. The molecule has 3 rings (SSSR count). The number of phenols is 1. The van der Waals surface area contributed by atoms with Gasteiger partial charge in [-0.3, -0.25) is 19.3 Å². The number of amides is 3. The highest BCUT2D eigenvalue weighted by molar-refractivity contribution is 14.1. The quantitative estimate of drug-likeness (QED) is 0.476. The Kier molecular flexibility index (Phi) is 6.09. The molecule has 8 heteroatoms. The summed E-state index contributed by atoms with van der Waals surface area (Å²) in [5, 5.41) is 11.9. The van der Waals surface area contributed by atoms with E-state index in [0.29, 0.717) is 14.8 Å². The number of nitrogens with zero attached hydrogens (tertiary/aromatic N) is 1. The predicted octanol–water partition coefficient (Wildman–Crippen LogP) is 4.29. The molecular weight excluding hydrogens is 491 g/mol. The van der Waals surface area contributed by atoms with E-state index in [9.17, 15) is 19.5 Å². The minimum atomic E-state index is -0.505. The Morgan fingerprint density at radius 2 is 2.00 bits per heavy atom. The van der Waals surface area contributed by atoms with E-state index in [1.54, 1.807) is 24.3 Å². The number of anilines is 1. The van der Waals surface area contributed by atoms with Crippen molar-refractivity contribution in [1.82, 2.24) is 4.90 Å². The fourth-order valence-corrected chi connectivity index (χ4v) is 4.00. The highest BCUT2D eigenvalue weighted by atomic mass is 127. The molecule has 0 unspecified atom stereocenters. The molecule has 1 aliphatic rings. The summed E-state index contributed by atoms with van der Waals surface area (Å²) in [5.74, 6) is -0.792. The van der Waals surface area contributed by atoms with Gasteiger partial charge in [-0.15, -0.1) is 0 Å². The Bertz CT molecular complexity index is 1020. The lowest BCUT2D eigenvalue weighted by Crippen LogP contribution is -2.36. The van der Waals surface area contributed by atoms with Crippen LogP contribution in [0, 0.1) is 17.4 Å². The van der Waals surface area contributed by atoms with Gasteiger partial charge in [0.15, 0.2) is 0 Å². The normalized spacial score (nSPS) is 15.4. The highest BCUT2D eigenvalue weighted by Gasteiger charge is 2.36. The van der Waals surface area contributed by atoms with Gasteiger partial charge in [-0.05, 0) is 89.2 Å². The molecule has 0 atom stereocenters. The first kappa shape index (κ1) is 20.4. The van der Waals surface area contributed by atoms with Gasteiger partial charge in [0.2, 0.25) is 5.91 Å². The molecule has 2 N–H and O–H groups in total. The molecule has 0 aliphatic carbocycles. The molecule has 6 nitrogen and oxygen atoms in total. The van der Waals surface area contributed by atoms with Crippen molar-refractivity contribution in [3.05, 3.63) is 61.6 Å². The average Bonchev–Trinajstić information content (AvgIpc) is 2.89. The van der Waals surface area contributed by atoms with Gasteiger partial charge in [-0.1, -0.05) is 18.2 Å². The zero-order chi connectivity index (χ0) is 20.4. The van der Waals surface area contributed by atoms with Crippen LogP contribution < -0.4 is 5.32 Å². The molecule has 0 spiro atoms. The number of carbonyl (C=O) groups excluding carboxylic acids is 3. The summed E-state index contributed by atoms with van der Waals surface area (Å²) in [6.45, 7) is 3.49. The highest BCUT2D eigenvalue weighted by Crippen LogP contribution is 2.33. The summed E-state index contributed by atoms with van der Waals surface area (Å²) in [7, 11) is 0. The van der Waals surface area contributed by atoms with Crippen LogP contribution in [-0.4, -0.2) is 33.6 Å². The number of hydrogen-bond donors (Lipinski definition) is 2. The van der Waals surface area contributed by atoms with Crippen molar-refractivity contribution in [2.75, 3.05) is 11.9 Å². The lowest BCUT2D eigenvalue weighted by atomic mass is 10.1. The lowest BCUT2D eigenvalue weighted by molar-refractivity contribution is -0.127. The number of halogens is 1. The molecule has 144 valence electrons. The molecule has 0 aromatic heterocycles. The molecule has 0 saturated carbocycles. The summed E-state index contributed by atoms with van der Waals surface area (Å²) < 4.78 is 0.637. The number of aromatic hydroxyl groups is 1. The van der Waals surface area contributed by atoms with Crippen LogP contribution in [0.5, 0.6) is 5.75 Å². The van der Waals surface area contributed by atoms with Crippen molar-refractivity contribution >= 4 is 63.2 Å². The average molecular weight is 508 g/mol. The van der Waals surface area contributed by atoms with Crippen molar-refractivity contribution in [2.24, 2.45) is 0 Å². The van der Waals surface area contributed by atoms with Gasteiger partial charge in [-0.2, -0.15) is 0 Å². The zero-order valence-corrected chi connectivity index (χ0v) is 18.1. The second-order valence-electron chi connectivity index (χ2n) is 6.27. The molecule has 2 aromatic rings. The molecule has 1 aliphatic heterocycles. The number of hydrogen-bond acceptors (Lipinski definition) is 5. The monoisotopic (exact) mass is 508 g/mol. The Morgan fingerprint density at radius 3 is 2.71 bits per heavy atom. The summed E-state index contributed by atoms with van der Waals surface area (Å²) >= 11 is 2.77. The molecule has 1 fully saturated rings. The van der Waals surface area contributed by atoms with Crippen LogP contribution in [0.15, 0.2) is 41.3 Å². The van der Waals surface area contributed by atoms with Gasteiger partial charge < -0.3 is 10.4 Å². The second kappa shape index (κ2) is 8.36. The van der Waals surface area contributed by atoms with Crippen LogP contribution >= 0.6 is 34.4 Å². The first-order chi connectivity index (χ1) is 13.3. The SMILES string of the molecule is Cc1cccc(NC(=O)CN2C(=O)S/C(=C\c3ccc(O)c(I)c3)C2=O)c1C. The summed E-state index contributed by atoms with van der Waals surface area (Å²) in [4.78, 5) is 38.3. The molecule has 1 saturated heterocycles. The van der Waals surface area contributed by atoms with Crippen molar-refractivity contribution < 1.29 is 19.5 Å². The van der Waals surface area contributed by atoms with Crippen LogP contribution in [-0.2, 0) is 9.59 Å². The van der Waals surface area contributed by atoms with E-state index < -0.39 is 17.1 Å². The predicted molar refractivity (Wildman–Crippen MR) is 118 cm³/mol. The third-order valence-corrected chi connectivity index (χ3v) is 6.09. The van der Waals surface area contributed by atoms with Gasteiger partial charge in [0.05, 0.1) is 8.48 Å². The number of benzene rings is 2. The van der Waals surface area contributed by atoms with E-state index >= 15 is 0 Å². The van der Waals surface area contributed by atoms with E-state index in [-0.39, 0.29) is 17.2 Å². The number of nitrogens with one attached hydrogen (secondary N) is 1. The number of phenolic OH excluding ortho intramolecular Hbond substituents is 1. The van der Waals surface area contributed by atoms with Crippen LogP contribution in [0.2, 0.25) is 0 Å². The molecular formula is C20H17IN2O4S. The number of imide groups is 1. The smallest absolute Gasteiger partial charge is 0.294 e. The second-order valence-corrected chi connectivity index (χ2v) is 8.43. The maximum absolute atomic E-state index is 12.6. The minimum Gasteiger partial charge on any atom is -0.507 e. The van der Waals surface area contributed by atoms with Crippen LogP contribution in [0.25, 0.3) is 6.08 Å². The van der Waals surface area contributed by atoms with Crippen molar-refractivity contribution in [2.45, 2.75) is 13.8 Å². The number of rotatable bonds is 4. The summed E-state index contributed by atoms with van der Waals surface area (Å²) in [6, 6.07) is 10.4. The fourth-order valence-electron chi connectivity index (χ4n) is 2.62. The van der Waals surface area contributed by atoms with Gasteiger partial charge >= 0.3 is 0 Å². The molecule has 1 heterocycles. The minimum absolute atomic E-state index is 0.147. The van der Waals surface area contributed by atoms with E-state index in [4.69, 9.17) is 0 Å². The number of carbonyl (C=O) groups is 3. The Morgan fingerprint density at radius 1 is 1.25 bits per heavy atom. The molecule has 28 heavy (non-hydrogen) atoms. The van der Waals surface area contributed by atoms with Crippen molar-refractivity contribution in [3.8, 4) is 5.75 Å². The first-order valence-electron chi connectivity index (χ1n) is 8.36. The Hall–Kier alpha value is -2.33. The van der Waals surface area contributed by atoms with E-state index in [2.05, 4.69) is 5.32 Å². The maximum atomic E-state index is 12.6. The third kappa shape index (κ3) is 4.39. The van der Waals surface area contributed by atoms with Gasteiger partial charge in [0.25, 0.3) is 11.1 Å². The van der Waals surface area contributed by atoms with E-state index in [1.807, 2.05) is 48.6 Å². The third-order valence-electron chi connectivity index (χ3n) is 4.32. The van der Waals surface area contributed by atoms with Gasteiger partial charge in [0.1, 0.15) is 12.3 Å². The first-order valence-corrected chi connectivity index (χ1v) is 10.3. The topological polar surface area (TPSA) is 86.7 Å². The summed E-state index contributed by atoms with van der Waals surface area (Å²) in [6.07, 6.45) is 1.58. The van der Waals surface area contributed by atoms with E-state index in [0.717, 1.165) is 27.8 Å². The van der Waals surface area contributed by atoms with Crippen LogP contribution in [0.4, 0.5) is 10.5 Å². The number of aryl methyl sites for hydroxylation is 1. The van der Waals surface area contributed by atoms with Gasteiger partial charge in [-0.25, -0.2) is 0 Å². The zero-order valence-electron chi connectivity index (χ0n) is 15.2. The largest absolute Gasteiger partial charge is 0.507 e. The molecule has 0 bridgehead atoms. The molecule has 0 radical (unpaired) electrons. The standard InChI is InChI=1S/C20H17IN2O4S/c1-11-4-3-5-15(12(11)2)22-18(25)10-23-19(26)17(28-20(23)27)9-13-6-7-16(24)14(21)8-13/h3-9,24H,10H2,1-2H3,(H,22,25)/b17-9-. The van der Waals surface area contributed by atoms with Crippen molar-refractivity contribution in [3.63, 3.8) is 0 Å². The fraction of sp³-hybridized carbons (Fsp3) is 0.150. The van der Waals surface area contributed by atoms with E-state index in [1.165, 1.54) is 6.07 Å². The van der Waals surface area contributed by atoms with Crippen LogP contribution in [0.1, 0.15) is 16.7 Å². The number of thioether (sulfide) groups is 1.